The monoisotopic (exact) mass is 219 g/mol. The van der Waals surface area contributed by atoms with Crippen molar-refractivity contribution < 1.29 is 0 Å². The van der Waals surface area contributed by atoms with Crippen LogP contribution in [-0.2, 0) is 6.42 Å². The van der Waals surface area contributed by atoms with Crippen LogP contribution in [-0.4, -0.2) is 6.04 Å². The second-order valence-electron chi connectivity index (χ2n) is 5.99. The number of hydrogen-bond acceptors (Lipinski definition) is 1. The average molecular weight is 219 g/mol. The molecule has 1 heteroatoms. The van der Waals surface area contributed by atoms with Crippen LogP contribution < -0.4 is 5.73 Å². The molecule has 1 rings (SSSR count). The highest BCUT2D eigenvalue weighted by Crippen LogP contribution is 2.22. The van der Waals surface area contributed by atoms with Crippen LogP contribution in [0.25, 0.3) is 0 Å². The summed E-state index contributed by atoms with van der Waals surface area (Å²) in [7, 11) is 0. The topological polar surface area (TPSA) is 26.0 Å². The lowest BCUT2D eigenvalue weighted by Crippen LogP contribution is -2.25. The van der Waals surface area contributed by atoms with E-state index >= 15 is 0 Å². The lowest BCUT2D eigenvalue weighted by molar-refractivity contribution is 0.347. The van der Waals surface area contributed by atoms with Crippen LogP contribution in [0.1, 0.15) is 44.7 Å². The Balaban J connectivity index is 2.46. The number of hydrogen-bond donors (Lipinski definition) is 1. The van der Waals surface area contributed by atoms with Crippen molar-refractivity contribution in [1.82, 2.24) is 0 Å². The van der Waals surface area contributed by atoms with Crippen molar-refractivity contribution in [3.05, 3.63) is 35.4 Å². The Morgan fingerprint density at radius 1 is 1.19 bits per heavy atom. The number of nitrogens with two attached hydrogens (primary N) is 1. The summed E-state index contributed by atoms with van der Waals surface area (Å²) in [5, 5.41) is 0. The fourth-order valence-electron chi connectivity index (χ4n) is 1.84. The van der Waals surface area contributed by atoms with Crippen molar-refractivity contribution in [2.24, 2.45) is 11.1 Å². The smallest absolute Gasteiger partial charge is 0.00796 e. The number of rotatable bonds is 4. The van der Waals surface area contributed by atoms with Crippen LogP contribution in [0.3, 0.4) is 0 Å². The van der Waals surface area contributed by atoms with Crippen LogP contribution in [0.5, 0.6) is 0 Å². The van der Waals surface area contributed by atoms with E-state index in [2.05, 4.69) is 52.0 Å². The van der Waals surface area contributed by atoms with Crippen LogP contribution in [0.2, 0.25) is 0 Å². The molecule has 0 fully saturated rings. The summed E-state index contributed by atoms with van der Waals surface area (Å²) in [5.74, 6) is 0. The molecule has 0 amide bonds. The van der Waals surface area contributed by atoms with Crippen molar-refractivity contribution in [2.45, 2.75) is 53.0 Å². The van der Waals surface area contributed by atoms with Gasteiger partial charge in [0.2, 0.25) is 0 Å². The van der Waals surface area contributed by atoms with Gasteiger partial charge in [-0.3, -0.25) is 0 Å². The van der Waals surface area contributed by atoms with E-state index in [9.17, 15) is 0 Å². The molecule has 0 heterocycles. The third-order valence-electron chi connectivity index (χ3n) is 3.01. The maximum atomic E-state index is 6.18. The van der Waals surface area contributed by atoms with E-state index in [0.717, 1.165) is 12.8 Å². The second-order valence-corrected chi connectivity index (χ2v) is 5.99. The molecular formula is C15H25N. The highest BCUT2D eigenvalue weighted by Gasteiger charge is 2.13. The van der Waals surface area contributed by atoms with Crippen molar-refractivity contribution >= 4 is 0 Å². The molecule has 0 spiro atoms. The number of aryl methyl sites for hydroxylation is 1. The predicted octanol–water partition coefficient (Wildman–Crippen LogP) is 3.69. The minimum absolute atomic E-state index is 0.292. The summed E-state index contributed by atoms with van der Waals surface area (Å²) in [4.78, 5) is 0. The quantitative estimate of drug-likeness (QED) is 0.821. The zero-order valence-electron chi connectivity index (χ0n) is 11.1. The maximum Gasteiger partial charge on any atom is 0.00796 e. The molecule has 0 saturated heterocycles. The van der Waals surface area contributed by atoms with Crippen LogP contribution >= 0.6 is 0 Å². The standard InChI is InChI=1S/C15H25N/c1-12-7-5-6-8-13(12)11-14(16)9-10-15(2,3)4/h5-8,14H,9-11,16H2,1-4H3. The molecule has 2 N–H and O–H groups in total. The minimum atomic E-state index is 0.292. The first kappa shape index (κ1) is 13.2. The van der Waals surface area contributed by atoms with E-state index in [4.69, 9.17) is 5.73 Å². The van der Waals surface area contributed by atoms with Gasteiger partial charge in [0.25, 0.3) is 0 Å². The molecule has 1 aromatic carbocycles. The third kappa shape index (κ3) is 4.80. The molecule has 0 aliphatic heterocycles. The maximum absolute atomic E-state index is 6.18. The molecule has 1 nitrogen and oxygen atoms in total. The van der Waals surface area contributed by atoms with E-state index in [-0.39, 0.29) is 0 Å². The molecule has 1 unspecified atom stereocenters. The fourth-order valence-corrected chi connectivity index (χ4v) is 1.84. The summed E-state index contributed by atoms with van der Waals surface area (Å²) < 4.78 is 0. The first-order chi connectivity index (χ1) is 7.38. The van der Waals surface area contributed by atoms with Gasteiger partial charge in [0.05, 0.1) is 0 Å². The molecule has 0 bridgehead atoms. The van der Waals surface area contributed by atoms with E-state index in [1.807, 2.05) is 0 Å². The van der Waals surface area contributed by atoms with E-state index < -0.39 is 0 Å². The van der Waals surface area contributed by atoms with E-state index in [0.29, 0.717) is 11.5 Å². The summed E-state index contributed by atoms with van der Waals surface area (Å²) in [6, 6.07) is 8.82. The second kappa shape index (κ2) is 5.49. The van der Waals surface area contributed by atoms with E-state index in [1.165, 1.54) is 17.5 Å². The van der Waals surface area contributed by atoms with Gasteiger partial charge in [0.15, 0.2) is 0 Å². The summed E-state index contributed by atoms with van der Waals surface area (Å²) >= 11 is 0. The predicted molar refractivity (Wildman–Crippen MR) is 71.5 cm³/mol. The Kier molecular flexibility index (Phi) is 4.55. The molecule has 16 heavy (non-hydrogen) atoms. The van der Waals surface area contributed by atoms with Gasteiger partial charge in [-0.15, -0.1) is 0 Å². The highest BCUT2D eigenvalue weighted by molar-refractivity contribution is 5.26. The lowest BCUT2D eigenvalue weighted by Gasteiger charge is -2.21. The molecule has 1 atom stereocenters. The van der Waals surface area contributed by atoms with Gasteiger partial charge in [-0.05, 0) is 42.7 Å². The fraction of sp³-hybridized carbons (Fsp3) is 0.600. The van der Waals surface area contributed by atoms with Crippen molar-refractivity contribution in [1.29, 1.82) is 0 Å². The van der Waals surface area contributed by atoms with Gasteiger partial charge in [0.1, 0.15) is 0 Å². The largest absolute Gasteiger partial charge is 0.327 e. The van der Waals surface area contributed by atoms with Crippen LogP contribution in [0, 0.1) is 12.3 Å². The van der Waals surface area contributed by atoms with Crippen molar-refractivity contribution in [2.75, 3.05) is 0 Å². The van der Waals surface area contributed by atoms with Gasteiger partial charge >= 0.3 is 0 Å². The van der Waals surface area contributed by atoms with Gasteiger partial charge < -0.3 is 5.73 Å². The number of benzene rings is 1. The van der Waals surface area contributed by atoms with Crippen LogP contribution in [0.4, 0.5) is 0 Å². The Morgan fingerprint density at radius 3 is 2.38 bits per heavy atom. The lowest BCUT2D eigenvalue weighted by atomic mass is 9.87. The zero-order chi connectivity index (χ0) is 12.2. The van der Waals surface area contributed by atoms with E-state index in [1.54, 1.807) is 0 Å². The Hall–Kier alpha value is -0.820. The van der Waals surface area contributed by atoms with Crippen molar-refractivity contribution in [3.8, 4) is 0 Å². The summed E-state index contributed by atoms with van der Waals surface area (Å²) in [5.41, 5.74) is 9.32. The Morgan fingerprint density at radius 2 is 1.81 bits per heavy atom. The first-order valence-electron chi connectivity index (χ1n) is 6.18. The van der Waals surface area contributed by atoms with Gasteiger partial charge in [0, 0.05) is 6.04 Å². The Bertz CT molecular complexity index is 322. The SMILES string of the molecule is Cc1ccccc1CC(N)CCC(C)(C)C. The molecule has 0 aliphatic carbocycles. The summed E-state index contributed by atoms with van der Waals surface area (Å²) in [6.45, 7) is 8.97. The molecule has 0 aliphatic rings. The molecule has 1 aromatic rings. The highest BCUT2D eigenvalue weighted by atomic mass is 14.6. The third-order valence-corrected chi connectivity index (χ3v) is 3.01. The molecule has 90 valence electrons. The van der Waals surface area contributed by atoms with Gasteiger partial charge in [-0.1, -0.05) is 45.0 Å². The summed E-state index contributed by atoms with van der Waals surface area (Å²) in [6.07, 6.45) is 3.31. The zero-order valence-corrected chi connectivity index (χ0v) is 11.1. The molecule has 0 radical (unpaired) electrons. The van der Waals surface area contributed by atoms with Crippen molar-refractivity contribution in [3.63, 3.8) is 0 Å². The molecule has 0 saturated carbocycles. The minimum Gasteiger partial charge on any atom is -0.327 e. The molecular weight excluding hydrogens is 194 g/mol. The normalized spacial score (nSPS) is 13.8. The molecule has 0 aromatic heterocycles. The van der Waals surface area contributed by atoms with Gasteiger partial charge in [-0.2, -0.15) is 0 Å². The van der Waals surface area contributed by atoms with Crippen LogP contribution in [0.15, 0.2) is 24.3 Å². The van der Waals surface area contributed by atoms with Gasteiger partial charge in [-0.25, -0.2) is 0 Å². The first-order valence-corrected chi connectivity index (χ1v) is 6.18. The average Bonchev–Trinajstić information content (AvgIpc) is 2.18. The Labute approximate surface area is 100 Å².